The van der Waals surface area contributed by atoms with Gasteiger partial charge in [-0.05, 0) is 18.6 Å². The van der Waals surface area contributed by atoms with Crippen LogP contribution >= 0.6 is 23.2 Å². The van der Waals surface area contributed by atoms with Gasteiger partial charge in [-0.15, -0.1) is 0 Å². The van der Waals surface area contributed by atoms with E-state index < -0.39 is 12.0 Å². The molecule has 0 fully saturated rings. The van der Waals surface area contributed by atoms with Gasteiger partial charge in [-0.25, -0.2) is 9.59 Å². The molecule has 5 nitrogen and oxygen atoms in total. The molecule has 0 aliphatic heterocycles. The van der Waals surface area contributed by atoms with E-state index in [4.69, 9.17) is 28.3 Å². The zero-order chi connectivity index (χ0) is 13.7. The Morgan fingerprint density at radius 2 is 1.89 bits per heavy atom. The highest BCUT2D eigenvalue weighted by Gasteiger charge is 2.19. The minimum Gasteiger partial charge on any atom is -0.478 e. The van der Waals surface area contributed by atoms with Crippen LogP contribution in [0.4, 0.5) is 10.5 Å². The van der Waals surface area contributed by atoms with Crippen LogP contribution in [0.2, 0.25) is 10.0 Å². The summed E-state index contributed by atoms with van der Waals surface area (Å²) in [6.07, 6.45) is 0.766. The Morgan fingerprint density at radius 1 is 1.28 bits per heavy atom. The van der Waals surface area contributed by atoms with Gasteiger partial charge in [0.2, 0.25) is 0 Å². The molecule has 0 aliphatic rings. The maximum absolute atomic E-state index is 11.5. The Hall–Kier alpha value is -1.46. The maximum Gasteiger partial charge on any atom is 0.339 e. The van der Waals surface area contributed by atoms with E-state index >= 15 is 0 Å². The highest BCUT2D eigenvalue weighted by molar-refractivity contribution is 6.38. The first kappa shape index (κ1) is 14.6. The molecule has 0 saturated carbocycles. The molecule has 2 amide bonds. The molecule has 98 valence electrons. The van der Waals surface area contributed by atoms with Crippen molar-refractivity contribution in [2.24, 2.45) is 0 Å². The summed E-state index contributed by atoms with van der Waals surface area (Å²) in [4.78, 5) is 22.6. The van der Waals surface area contributed by atoms with Crippen LogP contribution in [0.15, 0.2) is 12.1 Å². The topological polar surface area (TPSA) is 78.4 Å². The standard InChI is InChI=1S/C11H12Cl2N2O3/c1-2-5-14-11(18)15-9-7(13)4-3-6(12)8(9)10(16)17/h3-4H,2,5H2,1H3,(H,16,17)(H2,14,15,18). The minimum atomic E-state index is -1.26. The summed E-state index contributed by atoms with van der Waals surface area (Å²) < 4.78 is 0. The Morgan fingerprint density at radius 3 is 2.44 bits per heavy atom. The number of amides is 2. The van der Waals surface area contributed by atoms with E-state index in [2.05, 4.69) is 10.6 Å². The second kappa shape index (κ2) is 6.47. The van der Waals surface area contributed by atoms with Crippen molar-refractivity contribution in [3.05, 3.63) is 27.7 Å². The number of hydrogen-bond acceptors (Lipinski definition) is 2. The molecule has 0 atom stereocenters. The molecule has 7 heteroatoms. The molecule has 0 unspecified atom stereocenters. The predicted octanol–water partition coefficient (Wildman–Crippen LogP) is 3.22. The van der Waals surface area contributed by atoms with Gasteiger partial charge in [0.25, 0.3) is 0 Å². The highest BCUT2D eigenvalue weighted by atomic mass is 35.5. The van der Waals surface area contributed by atoms with E-state index in [1.807, 2.05) is 6.92 Å². The van der Waals surface area contributed by atoms with Crippen molar-refractivity contribution in [3.8, 4) is 0 Å². The third kappa shape index (κ3) is 3.51. The number of rotatable bonds is 4. The minimum absolute atomic E-state index is 0.00901. The molecule has 0 saturated heterocycles. The Kier molecular flexibility index (Phi) is 5.25. The van der Waals surface area contributed by atoms with Crippen LogP contribution in [-0.4, -0.2) is 23.7 Å². The van der Waals surface area contributed by atoms with E-state index in [-0.39, 0.29) is 21.3 Å². The monoisotopic (exact) mass is 290 g/mol. The molecule has 0 radical (unpaired) electrons. The fraction of sp³-hybridized carbons (Fsp3) is 0.273. The van der Waals surface area contributed by atoms with Crippen LogP contribution in [0.1, 0.15) is 23.7 Å². The van der Waals surface area contributed by atoms with Gasteiger partial charge >= 0.3 is 12.0 Å². The summed E-state index contributed by atoms with van der Waals surface area (Å²) >= 11 is 11.6. The van der Waals surface area contributed by atoms with E-state index in [0.29, 0.717) is 6.54 Å². The molecule has 0 heterocycles. The first-order valence-corrected chi connectivity index (χ1v) is 5.99. The van der Waals surface area contributed by atoms with Gasteiger partial charge in [-0.3, -0.25) is 0 Å². The number of carbonyl (C=O) groups excluding carboxylic acids is 1. The fourth-order valence-corrected chi connectivity index (χ4v) is 1.72. The number of benzene rings is 1. The van der Waals surface area contributed by atoms with Crippen LogP contribution in [0, 0.1) is 0 Å². The SMILES string of the molecule is CCCNC(=O)Nc1c(Cl)ccc(Cl)c1C(=O)O. The number of carboxylic acids is 1. The van der Waals surface area contributed by atoms with Gasteiger partial charge < -0.3 is 15.7 Å². The second-order valence-corrected chi connectivity index (χ2v) is 4.28. The number of nitrogens with one attached hydrogen (secondary N) is 2. The van der Waals surface area contributed by atoms with Crippen molar-refractivity contribution in [1.29, 1.82) is 0 Å². The largest absolute Gasteiger partial charge is 0.478 e. The Balaban J connectivity index is 3.03. The molecule has 0 aliphatic carbocycles. The summed E-state index contributed by atoms with van der Waals surface area (Å²) in [5, 5.41) is 14.1. The van der Waals surface area contributed by atoms with Crippen molar-refractivity contribution >= 4 is 40.9 Å². The quantitative estimate of drug-likeness (QED) is 0.797. The van der Waals surface area contributed by atoms with E-state index in [1.165, 1.54) is 12.1 Å². The van der Waals surface area contributed by atoms with Gasteiger partial charge in [-0.1, -0.05) is 30.1 Å². The number of carboxylic acid groups (broad SMARTS) is 1. The number of hydrogen-bond donors (Lipinski definition) is 3. The summed E-state index contributed by atoms with van der Waals surface area (Å²) in [7, 11) is 0. The van der Waals surface area contributed by atoms with Gasteiger partial charge in [-0.2, -0.15) is 0 Å². The predicted molar refractivity (Wildman–Crippen MR) is 70.7 cm³/mol. The normalized spacial score (nSPS) is 9.94. The van der Waals surface area contributed by atoms with Crippen LogP contribution < -0.4 is 10.6 Å². The maximum atomic E-state index is 11.5. The van der Waals surface area contributed by atoms with Gasteiger partial charge in [0.05, 0.1) is 15.7 Å². The van der Waals surface area contributed by atoms with E-state index in [0.717, 1.165) is 6.42 Å². The summed E-state index contributed by atoms with van der Waals surface area (Å²) in [6.45, 7) is 2.38. The summed E-state index contributed by atoms with van der Waals surface area (Å²) in [5.74, 6) is -1.26. The van der Waals surface area contributed by atoms with Gasteiger partial charge in [0.1, 0.15) is 5.56 Å². The average Bonchev–Trinajstić information content (AvgIpc) is 2.30. The van der Waals surface area contributed by atoms with Crippen molar-refractivity contribution in [1.82, 2.24) is 5.32 Å². The first-order chi connectivity index (χ1) is 8.47. The molecule has 0 spiro atoms. The third-order valence-corrected chi connectivity index (χ3v) is 2.72. The van der Waals surface area contributed by atoms with Crippen molar-refractivity contribution < 1.29 is 14.7 Å². The molecule has 1 aromatic carbocycles. The van der Waals surface area contributed by atoms with E-state index in [1.54, 1.807) is 0 Å². The van der Waals surface area contributed by atoms with Crippen LogP contribution in [0.25, 0.3) is 0 Å². The molecular weight excluding hydrogens is 279 g/mol. The average molecular weight is 291 g/mol. The zero-order valence-corrected chi connectivity index (χ0v) is 11.1. The third-order valence-electron chi connectivity index (χ3n) is 2.09. The fourth-order valence-electron chi connectivity index (χ4n) is 1.28. The first-order valence-electron chi connectivity index (χ1n) is 5.23. The Bertz CT molecular complexity index is 478. The van der Waals surface area contributed by atoms with Gasteiger partial charge in [0.15, 0.2) is 0 Å². The lowest BCUT2D eigenvalue weighted by Crippen LogP contribution is -2.30. The molecule has 0 aromatic heterocycles. The summed E-state index contributed by atoms with van der Waals surface area (Å²) in [6, 6.07) is 2.26. The highest BCUT2D eigenvalue weighted by Crippen LogP contribution is 2.31. The zero-order valence-electron chi connectivity index (χ0n) is 9.59. The summed E-state index contributed by atoms with van der Waals surface area (Å²) in [5.41, 5.74) is -0.235. The lowest BCUT2D eigenvalue weighted by atomic mass is 10.2. The van der Waals surface area contributed by atoms with Gasteiger partial charge in [0, 0.05) is 6.54 Å². The number of urea groups is 1. The van der Waals surface area contributed by atoms with Crippen molar-refractivity contribution in [2.45, 2.75) is 13.3 Å². The van der Waals surface area contributed by atoms with Crippen LogP contribution in [0.3, 0.4) is 0 Å². The smallest absolute Gasteiger partial charge is 0.339 e. The number of anilines is 1. The molecule has 3 N–H and O–H groups in total. The second-order valence-electron chi connectivity index (χ2n) is 3.47. The number of halogens is 2. The number of carbonyl (C=O) groups is 2. The molecule has 1 aromatic rings. The lowest BCUT2D eigenvalue weighted by Gasteiger charge is -2.12. The Labute approximate surface area is 114 Å². The van der Waals surface area contributed by atoms with Crippen LogP contribution in [0.5, 0.6) is 0 Å². The molecule has 1 rings (SSSR count). The van der Waals surface area contributed by atoms with Crippen LogP contribution in [-0.2, 0) is 0 Å². The molecule has 0 bridgehead atoms. The van der Waals surface area contributed by atoms with Crippen molar-refractivity contribution in [3.63, 3.8) is 0 Å². The van der Waals surface area contributed by atoms with E-state index in [9.17, 15) is 9.59 Å². The molecule has 18 heavy (non-hydrogen) atoms. The molecular formula is C11H12Cl2N2O3. The van der Waals surface area contributed by atoms with Crippen molar-refractivity contribution in [2.75, 3.05) is 11.9 Å². The number of aromatic carboxylic acids is 1. The lowest BCUT2D eigenvalue weighted by molar-refractivity contribution is 0.0698.